The van der Waals surface area contributed by atoms with Gasteiger partial charge in [-0.1, -0.05) is 71.4 Å². The van der Waals surface area contributed by atoms with Crippen LogP contribution in [0.4, 0.5) is 0 Å². The third kappa shape index (κ3) is 19.2. The van der Waals surface area contributed by atoms with Crippen LogP contribution in [-0.2, 0) is 38.7 Å². The predicted octanol–water partition coefficient (Wildman–Crippen LogP) is 4.30. The fourth-order valence-corrected chi connectivity index (χ4v) is 3.91. The topological polar surface area (TPSA) is 133 Å². The van der Waals surface area contributed by atoms with Crippen molar-refractivity contribution in [1.82, 2.24) is 0 Å². The van der Waals surface area contributed by atoms with Crippen molar-refractivity contribution < 1.29 is 41.6 Å². The Balaban J connectivity index is 0. The molecule has 0 saturated heterocycles. The summed E-state index contributed by atoms with van der Waals surface area (Å²) in [5, 5.41) is 0. The molecule has 0 aliphatic carbocycles. The Hall–Kier alpha value is -0.564. The molecule has 0 spiro atoms. The number of hydrogen-bond acceptors (Lipinski definition) is 8. The van der Waals surface area contributed by atoms with E-state index in [9.17, 15) is 22.8 Å². The number of ether oxygens (including phenoxy) is 3. The van der Waals surface area contributed by atoms with Crippen LogP contribution in [0.2, 0.25) is 0 Å². The average Bonchev–Trinajstić information content (AvgIpc) is 2.80. The first-order chi connectivity index (χ1) is 16.8. The van der Waals surface area contributed by atoms with Gasteiger partial charge in [0.15, 0.2) is 0 Å². The number of carbonyl (C=O) groups excluding carboxylic acids is 3. The van der Waals surface area contributed by atoms with Gasteiger partial charge in [0.1, 0.15) is 18.6 Å². The number of esters is 3. The molecule has 1 N–H and O–H groups in total. The first kappa shape index (κ1) is 38.6. The average molecular weight is 573 g/mol. The van der Waals surface area contributed by atoms with E-state index < -0.39 is 33.4 Å². The second kappa shape index (κ2) is 21.3. The standard InChI is InChI=1S/C26H44O9S.K.H/c1-6-7-16-26(19-34-23(27)21(2)3,20-35-24(28)22(4)5)25(29)33-17-14-12-10-8-9-11-13-15-18-36(30,31)32;;/h2,4,6-20H2,1,3,5H3,(H,30,31,32);;. The predicted molar refractivity (Wildman–Crippen MR) is 145 cm³/mol. The van der Waals surface area contributed by atoms with Gasteiger partial charge in [-0.05, 0) is 33.1 Å². The van der Waals surface area contributed by atoms with Crippen LogP contribution in [0, 0.1) is 5.41 Å². The molecule has 0 aromatic heterocycles. The Kier molecular flexibility index (Phi) is 22.2. The molecule has 0 aromatic carbocycles. The fraction of sp³-hybridized carbons (Fsp3) is 0.731. The molecule has 0 unspecified atom stereocenters. The summed E-state index contributed by atoms with van der Waals surface area (Å²) in [5.41, 5.74) is -0.913. The molecule has 0 aromatic rings. The summed E-state index contributed by atoms with van der Waals surface area (Å²) in [7, 11) is -3.88. The minimum atomic E-state index is -3.88. The Bertz CT molecular complexity index is 807. The summed E-state index contributed by atoms with van der Waals surface area (Å²) < 4.78 is 46.2. The Morgan fingerprint density at radius 1 is 0.757 bits per heavy atom. The maximum absolute atomic E-state index is 13.1. The molecule has 0 atom stereocenters. The van der Waals surface area contributed by atoms with Gasteiger partial charge in [-0.3, -0.25) is 9.35 Å². The number of rotatable bonds is 21. The van der Waals surface area contributed by atoms with Gasteiger partial charge in [0, 0.05) is 11.1 Å². The monoisotopic (exact) mass is 572 g/mol. The molecule has 0 aliphatic heterocycles. The Morgan fingerprint density at radius 3 is 1.59 bits per heavy atom. The quantitative estimate of drug-likeness (QED) is 0.0533. The van der Waals surface area contributed by atoms with Gasteiger partial charge in [0.05, 0.1) is 12.4 Å². The molecular weight excluding hydrogens is 527 g/mol. The zero-order valence-electron chi connectivity index (χ0n) is 22.1. The molecular formula is C26H45KO9S. The molecule has 0 amide bonds. The van der Waals surface area contributed by atoms with E-state index >= 15 is 0 Å². The van der Waals surface area contributed by atoms with Crippen molar-refractivity contribution in [2.75, 3.05) is 25.6 Å². The minimum absolute atomic E-state index is 0. The Morgan fingerprint density at radius 2 is 1.19 bits per heavy atom. The number of unbranched alkanes of at least 4 members (excludes halogenated alkanes) is 8. The van der Waals surface area contributed by atoms with Gasteiger partial charge in [-0.2, -0.15) is 8.42 Å². The van der Waals surface area contributed by atoms with E-state index in [2.05, 4.69) is 13.2 Å². The van der Waals surface area contributed by atoms with E-state index in [4.69, 9.17) is 18.8 Å². The van der Waals surface area contributed by atoms with Crippen LogP contribution < -0.4 is 0 Å². The molecule has 0 radical (unpaired) electrons. The molecule has 11 heteroatoms. The van der Waals surface area contributed by atoms with Gasteiger partial charge < -0.3 is 14.2 Å². The third-order valence-corrected chi connectivity index (χ3v) is 6.43. The van der Waals surface area contributed by atoms with Crippen LogP contribution in [0.15, 0.2) is 24.3 Å². The summed E-state index contributed by atoms with van der Waals surface area (Å²) in [6.07, 6.45) is 8.28. The van der Waals surface area contributed by atoms with Crippen LogP contribution in [-0.4, -0.2) is 108 Å². The first-order valence-electron chi connectivity index (χ1n) is 12.6. The summed E-state index contributed by atoms with van der Waals surface area (Å²) >= 11 is 0. The summed E-state index contributed by atoms with van der Waals surface area (Å²) in [5.74, 6) is -2.03. The van der Waals surface area contributed by atoms with Crippen molar-refractivity contribution in [3.63, 3.8) is 0 Å². The molecule has 210 valence electrons. The van der Waals surface area contributed by atoms with Gasteiger partial charge in [-0.25, -0.2) is 9.59 Å². The van der Waals surface area contributed by atoms with Crippen LogP contribution in [0.3, 0.4) is 0 Å². The zero-order chi connectivity index (χ0) is 27.6. The zero-order valence-corrected chi connectivity index (χ0v) is 23.0. The molecule has 0 saturated carbocycles. The van der Waals surface area contributed by atoms with E-state index in [1.165, 1.54) is 13.8 Å². The second-order valence-corrected chi connectivity index (χ2v) is 10.9. The molecule has 37 heavy (non-hydrogen) atoms. The van der Waals surface area contributed by atoms with Crippen LogP contribution >= 0.6 is 0 Å². The van der Waals surface area contributed by atoms with Crippen molar-refractivity contribution in [3.8, 4) is 0 Å². The molecule has 0 aliphatic rings. The van der Waals surface area contributed by atoms with Gasteiger partial charge in [0.25, 0.3) is 10.1 Å². The molecule has 9 nitrogen and oxygen atoms in total. The summed E-state index contributed by atoms with van der Waals surface area (Å²) in [6, 6.07) is 0. The van der Waals surface area contributed by atoms with Crippen molar-refractivity contribution in [3.05, 3.63) is 24.3 Å². The fourth-order valence-electron chi connectivity index (χ4n) is 3.34. The second-order valence-electron chi connectivity index (χ2n) is 9.35. The molecule has 0 heterocycles. The van der Waals surface area contributed by atoms with Crippen molar-refractivity contribution in [2.45, 2.75) is 91.4 Å². The SMILES string of the molecule is C=C(C)C(=O)OCC(CCCC)(COC(=O)C(=C)C)C(=O)OCCCCCCCCCCS(=O)(=O)O.[KH]. The normalized spacial score (nSPS) is 11.2. The molecule has 0 bridgehead atoms. The summed E-state index contributed by atoms with van der Waals surface area (Å²) in [4.78, 5) is 37.1. The third-order valence-electron chi connectivity index (χ3n) is 5.63. The van der Waals surface area contributed by atoms with E-state index in [0.717, 1.165) is 44.9 Å². The van der Waals surface area contributed by atoms with Crippen LogP contribution in [0.1, 0.15) is 91.4 Å². The number of carbonyl (C=O) groups is 3. The molecule has 0 rings (SSSR count). The van der Waals surface area contributed by atoms with Gasteiger partial charge >= 0.3 is 69.3 Å². The van der Waals surface area contributed by atoms with E-state index in [1.807, 2.05) is 6.92 Å². The van der Waals surface area contributed by atoms with Gasteiger partial charge in [-0.15, -0.1) is 0 Å². The van der Waals surface area contributed by atoms with Crippen LogP contribution in [0.5, 0.6) is 0 Å². The van der Waals surface area contributed by atoms with Crippen molar-refractivity contribution in [2.24, 2.45) is 5.41 Å². The van der Waals surface area contributed by atoms with E-state index in [0.29, 0.717) is 25.7 Å². The molecule has 0 fully saturated rings. The maximum atomic E-state index is 13.1. The van der Waals surface area contributed by atoms with Crippen LogP contribution in [0.25, 0.3) is 0 Å². The first-order valence-corrected chi connectivity index (χ1v) is 14.2. The van der Waals surface area contributed by atoms with E-state index in [-0.39, 0.29) is 88.1 Å². The Labute approximate surface area is 265 Å². The van der Waals surface area contributed by atoms with Crippen molar-refractivity contribution >= 4 is 79.4 Å². The van der Waals surface area contributed by atoms with Crippen molar-refractivity contribution in [1.29, 1.82) is 0 Å². The van der Waals surface area contributed by atoms with Gasteiger partial charge in [0.2, 0.25) is 0 Å². The van der Waals surface area contributed by atoms with E-state index in [1.54, 1.807) is 0 Å². The number of hydrogen-bond donors (Lipinski definition) is 1. The summed E-state index contributed by atoms with van der Waals surface area (Å²) in [6.45, 7) is 11.7.